The summed E-state index contributed by atoms with van der Waals surface area (Å²) in [6.45, 7) is 7.28. The van der Waals surface area contributed by atoms with Crippen LogP contribution >= 0.6 is 0 Å². The third-order valence-electron chi connectivity index (χ3n) is 5.37. The van der Waals surface area contributed by atoms with Crippen LogP contribution in [0, 0.1) is 12.7 Å². The van der Waals surface area contributed by atoms with Crippen molar-refractivity contribution >= 4 is 21.6 Å². The van der Waals surface area contributed by atoms with E-state index in [2.05, 4.69) is 26.9 Å². The summed E-state index contributed by atoms with van der Waals surface area (Å²) in [5.41, 5.74) is 1.05. The van der Waals surface area contributed by atoms with E-state index in [4.69, 9.17) is 0 Å². The van der Waals surface area contributed by atoms with Crippen molar-refractivity contribution in [3.63, 3.8) is 0 Å². The first-order valence-corrected chi connectivity index (χ1v) is 11.8. The number of halogens is 1. The van der Waals surface area contributed by atoms with Crippen LogP contribution in [0.5, 0.6) is 0 Å². The number of hydrogen-bond donors (Lipinski definition) is 2. The fraction of sp³-hybridized carbons (Fsp3) is 0.409. The molecule has 0 aliphatic carbocycles. The number of hydrogen-bond acceptors (Lipinski definition) is 5. The van der Waals surface area contributed by atoms with Gasteiger partial charge in [-0.15, -0.1) is 0 Å². The molecule has 1 aliphatic heterocycles. The van der Waals surface area contributed by atoms with Crippen LogP contribution in [0.15, 0.2) is 47.4 Å². The molecule has 31 heavy (non-hydrogen) atoms. The van der Waals surface area contributed by atoms with Crippen LogP contribution in [0.3, 0.4) is 0 Å². The Bertz CT molecular complexity index is 1000. The van der Waals surface area contributed by atoms with Gasteiger partial charge in [-0.3, -0.25) is 9.52 Å². The minimum absolute atomic E-state index is 0.0157. The summed E-state index contributed by atoms with van der Waals surface area (Å²) in [6, 6.07) is 9.64. The zero-order valence-corrected chi connectivity index (χ0v) is 18.7. The highest BCUT2D eigenvalue weighted by Gasteiger charge is 2.20. The predicted octanol–water partition coefficient (Wildman–Crippen LogP) is 2.30. The second kappa shape index (κ2) is 10.2. The third-order valence-corrected chi connectivity index (χ3v) is 6.89. The molecular formula is C22H29FN4O3S. The molecule has 1 heterocycles. The number of carbonyl (C=O) groups excluding carboxylic acids is 1. The molecule has 0 radical (unpaired) electrons. The average molecular weight is 449 g/mol. The largest absolute Gasteiger partial charge is 0.352 e. The van der Waals surface area contributed by atoms with Gasteiger partial charge in [-0.05, 0) is 68.9 Å². The van der Waals surface area contributed by atoms with Crippen LogP contribution in [0.2, 0.25) is 0 Å². The molecule has 0 bridgehead atoms. The molecule has 0 unspecified atom stereocenters. The average Bonchev–Trinajstić information content (AvgIpc) is 2.74. The number of sulfonamides is 1. The lowest BCUT2D eigenvalue weighted by molar-refractivity contribution is 0.0949. The van der Waals surface area contributed by atoms with E-state index in [1.165, 1.54) is 30.3 Å². The maximum Gasteiger partial charge on any atom is 0.262 e. The summed E-state index contributed by atoms with van der Waals surface area (Å²) in [7, 11) is -1.81. The predicted molar refractivity (Wildman–Crippen MR) is 119 cm³/mol. The van der Waals surface area contributed by atoms with Crippen molar-refractivity contribution in [2.45, 2.75) is 18.2 Å². The van der Waals surface area contributed by atoms with Crippen LogP contribution in [0.1, 0.15) is 22.3 Å². The number of aryl methyl sites for hydroxylation is 1. The van der Waals surface area contributed by atoms with Gasteiger partial charge in [-0.1, -0.05) is 6.07 Å². The van der Waals surface area contributed by atoms with Gasteiger partial charge in [0.15, 0.2) is 0 Å². The van der Waals surface area contributed by atoms with E-state index in [0.29, 0.717) is 12.1 Å². The topological polar surface area (TPSA) is 81.8 Å². The van der Waals surface area contributed by atoms with Gasteiger partial charge in [-0.25, -0.2) is 12.8 Å². The van der Waals surface area contributed by atoms with Crippen molar-refractivity contribution in [2.75, 3.05) is 51.0 Å². The van der Waals surface area contributed by atoms with E-state index in [1.54, 1.807) is 19.1 Å². The Hall–Kier alpha value is -2.49. The van der Waals surface area contributed by atoms with Gasteiger partial charge in [0.1, 0.15) is 5.82 Å². The van der Waals surface area contributed by atoms with Crippen LogP contribution in [-0.2, 0) is 10.0 Å². The molecule has 2 N–H and O–H groups in total. The Kier molecular flexibility index (Phi) is 7.64. The standard InChI is InChI=1S/C22H29FN4O3S/c1-17-4-5-18(22(28)24-10-3-11-27-14-12-26(2)13-15-27)16-21(17)31(29,30)25-20-8-6-19(23)7-9-20/h4-9,16,25H,3,10-15H2,1-2H3,(H,24,28). The van der Waals surface area contributed by atoms with Crippen molar-refractivity contribution in [1.82, 2.24) is 15.1 Å². The minimum atomic E-state index is -3.92. The van der Waals surface area contributed by atoms with Gasteiger partial charge in [0, 0.05) is 44.0 Å². The number of carbonyl (C=O) groups is 1. The smallest absolute Gasteiger partial charge is 0.262 e. The van der Waals surface area contributed by atoms with Gasteiger partial charge < -0.3 is 15.1 Å². The molecule has 1 amide bonds. The number of nitrogens with one attached hydrogen (secondary N) is 2. The van der Waals surface area contributed by atoms with Crippen LogP contribution < -0.4 is 10.0 Å². The molecule has 1 fully saturated rings. The van der Waals surface area contributed by atoms with E-state index in [9.17, 15) is 17.6 Å². The number of anilines is 1. The van der Waals surface area contributed by atoms with Crippen LogP contribution in [-0.4, -0.2) is 70.4 Å². The second-order valence-corrected chi connectivity index (χ2v) is 9.50. The number of nitrogens with zero attached hydrogens (tertiary/aromatic N) is 2. The SMILES string of the molecule is Cc1ccc(C(=O)NCCCN2CCN(C)CC2)cc1S(=O)(=O)Nc1ccc(F)cc1. The Morgan fingerprint density at radius 2 is 1.74 bits per heavy atom. The zero-order chi connectivity index (χ0) is 22.4. The van der Waals surface area contributed by atoms with E-state index in [-0.39, 0.29) is 22.1 Å². The summed E-state index contributed by atoms with van der Waals surface area (Å²) < 4.78 is 41.1. The van der Waals surface area contributed by atoms with Crippen molar-refractivity contribution < 1.29 is 17.6 Å². The van der Waals surface area contributed by atoms with E-state index in [1.807, 2.05) is 0 Å². The molecule has 1 aliphatic rings. The molecule has 7 nitrogen and oxygen atoms in total. The van der Waals surface area contributed by atoms with Gasteiger partial charge in [-0.2, -0.15) is 0 Å². The van der Waals surface area contributed by atoms with Crippen LogP contribution in [0.4, 0.5) is 10.1 Å². The summed E-state index contributed by atoms with van der Waals surface area (Å²) in [5.74, 6) is -0.762. The lowest BCUT2D eigenvalue weighted by Gasteiger charge is -2.32. The maximum absolute atomic E-state index is 13.1. The number of likely N-dealkylation sites (N-methyl/N-ethyl adjacent to an activating group) is 1. The molecular weight excluding hydrogens is 419 g/mol. The summed E-state index contributed by atoms with van der Waals surface area (Å²) in [5, 5.41) is 2.87. The fourth-order valence-corrected chi connectivity index (χ4v) is 4.77. The lowest BCUT2D eigenvalue weighted by atomic mass is 10.1. The molecule has 168 valence electrons. The fourth-order valence-electron chi connectivity index (χ4n) is 3.44. The zero-order valence-electron chi connectivity index (χ0n) is 17.9. The quantitative estimate of drug-likeness (QED) is 0.606. The first kappa shape index (κ1) is 23.2. The Morgan fingerprint density at radius 1 is 1.06 bits per heavy atom. The Morgan fingerprint density at radius 3 is 2.42 bits per heavy atom. The maximum atomic E-state index is 13.1. The molecule has 0 atom stereocenters. The van der Waals surface area contributed by atoms with Crippen molar-refractivity contribution in [1.29, 1.82) is 0 Å². The monoisotopic (exact) mass is 448 g/mol. The molecule has 3 rings (SSSR count). The second-order valence-electron chi connectivity index (χ2n) is 7.85. The molecule has 0 aromatic heterocycles. The van der Waals surface area contributed by atoms with Crippen molar-refractivity contribution in [2.24, 2.45) is 0 Å². The molecule has 2 aromatic rings. The van der Waals surface area contributed by atoms with Gasteiger partial charge in [0.25, 0.3) is 15.9 Å². The number of amides is 1. The lowest BCUT2D eigenvalue weighted by Crippen LogP contribution is -2.45. The van der Waals surface area contributed by atoms with Crippen molar-refractivity contribution in [3.05, 3.63) is 59.4 Å². The summed E-state index contributed by atoms with van der Waals surface area (Å²) in [4.78, 5) is 17.2. The van der Waals surface area contributed by atoms with Gasteiger partial charge in [0.05, 0.1) is 4.90 Å². The van der Waals surface area contributed by atoms with Crippen molar-refractivity contribution in [3.8, 4) is 0 Å². The molecule has 0 spiro atoms. The highest BCUT2D eigenvalue weighted by molar-refractivity contribution is 7.92. The number of benzene rings is 2. The number of piperazine rings is 1. The molecule has 9 heteroatoms. The third kappa shape index (κ3) is 6.49. The molecule has 2 aromatic carbocycles. The first-order valence-electron chi connectivity index (χ1n) is 10.3. The molecule has 1 saturated heterocycles. The van der Waals surface area contributed by atoms with Gasteiger partial charge >= 0.3 is 0 Å². The van der Waals surface area contributed by atoms with Crippen LogP contribution in [0.25, 0.3) is 0 Å². The minimum Gasteiger partial charge on any atom is -0.352 e. The van der Waals surface area contributed by atoms with E-state index in [0.717, 1.165) is 39.1 Å². The normalized spacial score (nSPS) is 15.6. The molecule has 0 saturated carbocycles. The first-order chi connectivity index (χ1) is 14.7. The Balaban J connectivity index is 1.59. The van der Waals surface area contributed by atoms with E-state index >= 15 is 0 Å². The summed E-state index contributed by atoms with van der Waals surface area (Å²) in [6.07, 6.45) is 0.832. The van der Waals surface area contributed by atoms with Gasteiger partial charge in [0.2, 0.25) is 0 Å². The summed E-state index contributed by atoms with van der Waals surface area (Å²) >= 11 is 0. The Labute approximate surface area is 183 Å². The number of rotatable bonds is 8. The highest BCUT2D eigenvalue weighted by Crippen LogP contribution is 2.21. The van der Waals surface area contributed by atoms with E-state index < -0.39 is 15.8 Å². The highest BCUT2D eigenvalue weighted by atomic mass is 32.2.